The maximum atomic E-state index is 5.41. The van der Waals surface area contributed by atoms with Gasteiger partial charge in [0, 0.05) is 4.91 Å². The number of hydrogen-bond donors (Lipinski definition) is 2. The summed E-state index contributed by atoms with van der Waals surface area (Å²) < 4.78 is 0. The van der Waals surface area contributed by atoms with Crippen molar-refractivity contribution in [3.8, 4) is 0 Å². The zero-order chi connectivity index (χ0) is 14.4. The molecule has 104 valence electrons. The van der Waals surface area contributed by atoms with E-state index in [-0.39, 0.29) is 0 Å². The molecule has 2 rings (SSSR count). The van der Waals surface area contributed by atoms with Gasteiger partial charge in [-0.25, -0.2) is 0 Å². The Hall–Kier alpha value is -1.67. The lowest BCUT2D eigenvalue weighted by molar-refractivity contribution is 0.924. The lowest BCUT2D eigenvalue weighted by Gasteiger charge is -2.17. The summed E-state index contributed by atoms with van der Waals surface area (Å²) in [6.45, 7) is 2.12. The highest BCUT2D eigenvalue weighted by molar-refractivity contribution is 7.85. The van der Waals surface area contributed by atoms with Gasteiger partial charge in [0.15, 0.2) is 0 Å². The molecule has 1 unspecified atom stereocenters. The van der Waals surface area contributed by atoms with Crippen molar-refractivity contribution in [2.45, 2.75) is 19.8 Å². The first kappa shape index (κ1) is 14.7. The maximum absolute atomic E-state index is 5.41. The van der Waals surface area contributed by atoms with Crippen LogP contribution < -0.4 is 5.73 Å². The fourth-order valence-electron chi connectivity index (χ4n) is 2.30. The second-order valence-electron chi connectivity index (χ2n) is 5.00. The molecule has 1 aliphatic rings. The van der Waals surface area contributed by atoms with E-state index in [0.29, 0.717) is 5.92 Å². The largest absolute Gasteiger partial charge is 0.405 e. The minimum Gasteiger partial charge on any atom is -0.405 e. The van der Waals surface area contributed by atoms with Crippen LogP contribution in [-0.4, -0.2) is 0 Å². The number of thiol groups is 1. The SMILES string of the molecule is CC(/C=C\N)/C=C/C1=C(S)C(c2ccccc2)=CCC1. The summed E-state index contributed by atoms with van der Waals surface area (Å²) in [5, 5.41) is 0. The van der Waals surface area contributed by atoms with Gasteiger partial charge >= 0.3 is 0 Å². The summed E-state index contributed by atoms with van der Waals surface area (Å²) in [7, 11) is 0. The number of benzene rings is 1. The molecule has 1 aliphatic carbocycles. The van der Waals surface area contributed by atoms with Gasteiger partial charge in [-0.1, -0.05) is 61.6 Å². The molecule has 0 spiro atoms. The summed E-state index contributed by atoms with van der Waals surface area (Å²) in [5.41, 5.74) is 9.18. The molecule has 1 atom stereocenters. The zero-order valence-corrected chi connectivity index (χ0v) is 12.7. The van der Waals surface area contributed by atoms with Crippen molar-refractivity contribution in [2.75, 3.05) is 0 Å². The third-order valence-electron chi connectivity index (χ3n) is 3.42. The molecule has 0 bridgehead atoms. The molecule has 2 N–H and O–H groups in total. The Morgan fingerprint density at radius 1 is 1.20 bits per heavy atom. The van der Waals surface area contributed by atoms with Gasteiger partial charge in [-0.3, -0.25) is 0 Å². The minimum absolute atomic E-state index is 0.347. The second kappa shape index (κ2) is 7.20. The summed E-state index contributed by atoms with van der Waals surface area (Å²) in [5.74, 6) is 0.347. The Kier molecular flexibility index (Phi) is 5.31. The van der Waals surface area contributed by atoms with E-state index in [4.69, 9.17) is 18.4 Å². The molecule has 0 aromatic heterocycles. The van der Waals surface area contributed by atoms with Crippen LogP contribution in [0, 0.1) is 5.92 Å². The van der Waals surface area contributed by atoms with E-state index < -0.39 is 0 Å². The average Bonchev–Trinajstić information content (AvgIpc) is 2.47. The molecule has 1 aromatic carbocycles. The van der Waals surface area contributed by atoms with Crippen molar-refractivity contribution in [1.82, 2.24) is 0 Å². The van der Waals surface area contributed by atoms with Gasteiger partial charge in [0.25, 0.3) is 0 Å². The maximum Gasteiger partial charge on any atom is 0.0148 e. The second-order valence-corrected chi connectivity index (χ2v) is 5.45. The van der Waals surface area contributed by atoms with E-state index in [1.54, 1.807) is 6.20 Å². The van der Waals surface area contributed by atoms with Crippen LogP contribution >= 0.6 is 12.6 Å². The number of hydrogen-bond acceptors (Lipinski definition) is 2. The fourth-order valence-corrected chi connectivity index (χ4v) is 2.71. The molecule has 1 aromatic rings. The fraction of sp³-hybridized carbons (Fsp3) is 0.222. The molecular weight excluding hydrogens is 262 g/mol. The highest BCUT2D eigenvalue weighted by atomic mass is 32.1. The van der Waals surface area contributed by atoms with Gasteiger partial charge in [-0.15, -0.1) is 12.6 Å². The first-order valence-corrected chi connectivity index (χ1v) is 7.41. The van der Waals surface area contributed by atoms with Crippen molar-refractivity contribution < 1.29 is 0 Å². The van der Waals surface area contributed by atoms with Crippen LogP contribution in [0.25, 0.3) is 5.57 Å². The Morgan fingerprint density at radius 2 is 1.95 bits per heavy atom. The monoisotopic (exact) mass is 283 g/mol. The van der Waals surface area contributed by atoms with E-state index in [0.717, 1.165) is 17.7 Å². The Labute approximate surface area is 127 Å². The molecule has 0 aliphatic heterocycles. The van der Waals surface area contributed by atoms with Gasteiger partial charge < -0.3 is 5.73 Å². The molecule has 0 saturated heterocycles. The van der Waals surface area contributed by atoms with E-state index >= 15 is 0 Å². The van der Waals surface area contributed by atoms with E-state index in [9.17, 15) is 0 Å². The van der Waals surface area contributed by atoms with Crippen molar-refractivity contribution in [1.29, 1.82) is 0 Å². The molecule has 0 fully saturated rings. The summed E-state index contributed by atoms with van der Waals surface area (Å²) in [4.78, 5) is 1.09. The smallest absolute Gasteiger partial charge is 0.0148 e. The van der Waals surface area contributed by atoms with Crippen molar-refractivity contribution >= 4 is 18.2 Å². The van der Waals surface area contributed by atoms with E-state index in [1.165, 1.54) is 16.7 Å². The Balaban J connectivity index is 2.24. The lowest BCUT2D eigenvalue weighted by Crippen LogP contribution is -1.96. The Bertz CT molecular complexity index is 564. The van der Waals surface area contributed by atoms with Crippen LogP contribution in [0.5, 0.6) is 0 Å². The van der Waals surface area contributed by atoms with Crippen LogP contribution in [0.2, 0.25) is 0 Å². The van der Waals surface area contributed by atoms with Crippen LogP contribution in [0.3, 0.4) is 0 Å². The topological polar surface area (TPSA) is 26.0 Å². The third kappa shape index (κ3) is 3.67. The van der Waals surface area contributed by atoms with Gasteiger partial charge in [-0.2, -0.15) is 0 Å². The number of allylic oxidation sites excluding steroid dienone is 6. The standard InChI is InChI=1S/C18H21NS/c1-14(12-13-19)10-11-16-8-5-9-17(18(16)20)15-6-3-2-4-7-15/h2-4,6-7,9-14,20H,5,8,19H2,1H3/b11-10+,13-12-. The molecule has 20 heavy (non-hydrogen) atoms. The lowest BCUT2D eigenvalue weighted by atomic mass is 9.93. The molecule has 0 amide bonds. The predicted molar refractivity (Wildman–Crippen MR) is 91.3 cm³/mol. The molecule has 0 saturated carbocycles. The predicted octanol–water partition coefficient (Wildman–Crippen LogP) is 4.71. The Morgan fingerprint density at radius 3 is 2.65 bits per heavy atom. The summed E-state index contributed by atoms with van der Waals surface area (Å²) in [6.07, 6.45) is 12.3. The molecule has 1 nitrogen and oxygen atoms in total. The molecule has 2 heteroatoms. The minimum atomic E-state index is 0.347. The van der Waals surface area contributed by atoms with Gasteiger partial charge in [-0.05, 0) is 41.7 Å². The quantitative estimate of drug-likeness (QED) is 0.769. The number of nitrogens with two attached hydrogens (primary N) is 1. The van der Waals surface area contributed by atoms with E-state index in [1.807, 2.05) is 12.1 Å². The van der Waals surface area contributed by atoms with Crippen molar-refractivity contribution in [2.24, 2.45) is 11.7 Å². The average molecular weight is 283 g/mol. The zero-order valence-electron chi connectivity index (χ0n) is 11.8. The summed E-state index contributed by atoms with van der Waals surface area (Å²) >= 11 is 4.73. The van der Waals surface area contributed by atoms with Gasteiger partial charge in [0.1, 0.15) is 0 Å². The molecule has 0 heterocycles. The van der Waals surface area contributed by atoms with E-state index in [2.05, 4.69) is 49.4 Å². The molecular formula is C18H21NS. The highest BCUT2D eigenvalue weighted by Crippen LogP contribution is 2.35. The van der Waals surface area contributed by atoms with Crippen LogP contribution in [-0.2, 0) is 0 Å². The normalized spacial score (nSPS) is 17.8. The summed E-state index contributed by atoms with van der Waals surface area (Å²) in [6, 6.07) is 10.4. The first-order chi connectivity index (χ1) is 9.72. The van der Waals surface area contributed by atoms with Crippen LogP contribution in [0.4, 0.5) is 0 Å². The number of rotatable bonds is 4. The van der Waals surface area contributed by atoms with Crippen LogP contribution in [0.15, 0.2) is 71.3 Å². The molecule has 0 radical (unpaired) electrons. The van der Waals surface area contributed by atoms with Gasteiger partial charge in [0.05, 0.1) is 0 Å². The van der Waals surface area contributed by atoms with Crippen molar-refractivity contribution in [3.63, 3.8) is 0 Å². The third-order valence-corrected chi connectivity index (χ3v) is 3.95. The van der Waals surface area contributed by atoms with Gasteiger partial charge in [0.2, 0.25) is 0 Å². The van der Waals surface area contributed by atoms with Crippen molar-refractivity contribution in [3.05, 3.63) is 76.9 Å². The highest BCUT2D eigenvalue weighted by Gasteiger charge is 2.12. The first-order valence-electron chi connectivity index (χ1n) is 6.97. The van der Waals surface area contributed by atoms with Crippen LogP contribution in [0.1, 0.15) is 25.3 Å².